The topological polar surface area (TPSA) is 138 Å². The molecule has 0 aliphatic rings. The van der Waals surface area contributed by atoms with Crippen molar-refractivity contribution in [2.75, 3.05) is 24.2 Å². The standard InChI is InChI=1S/C18H19N7O2/c1-11-9-16(12-5-3-7-15(25(26)27)17(12)21-11)24(2)8-4-6-14-13(10-19)18(20)23-22-14/h3,5,7,9H,4,6,8H2,1-2H3,(H3,20,22,23). The number of nitrogens with zero attached hydrogens (tertiary/aromatic N) is 5. The fraction of sp³-hybridized carbons (Fsp3) is 0.278. The van der Waals surface area contributed by atoms with E-state index in [2.05, 4.69) is 21.3 Å². The number of nitrogens with one attached hydrogen (secondary N) is 1. The van der Waals surface area contributed by atoms with Crippen molar-refractivity contribution in [3.05, 3.63) is 51.3 Å². The monoisotopic (exact) mass is 365 g/mol. The second-order valence-corrected chi connectivity index (χ2v) is 6.31. The van der Waals surface area contributed by atoms with Crippen LogP contribution in [0.25, 0.3) is 10.9 Å². The average molecular weight is 365 g/mol. The Balaban J connectivity index is 1.83. The molecule has 2 aromatic heterocycles. The number of aromatic nitrogens is 3. The number of H-pyrrole nitrogens is 1. The molecule has 0 saturated heterocycles. The van der Waals surface area contributed by atoms with Crippen molar-refractivity contribution >= 4 is 28.1 Å². The van der Waals surface area contributed by atoms with Crippen LogP contribution in [0.3, 0.4) is 0 Å². The van der Waals surface area contributed by atoms with Gasteiger partial charge in [0, 0.05) is 36.4 Å². The molecule has 9 heteroatoms. The van der Waals surface area contributed by atoms with Crippen LogP contribution < -0.4 is 10.6 Å². The minimum Gasteiger partial charge on any atom is -0.381 e. The smallest absolute Gasteiger partial charge is 0.295 e. The fourth-order valence-electron chi connectivity index (χ4n) is 3.12. The summed E-state index contributed by atoms with van der Waals surface area (Å²) in [5, 5.41) is 27.8. The number of nitro groups is 1. The lowest BCUT2D eigenvalue weighted by molar-refractivity contribution is -0.383. The summed E-state index contributed by atoms with van der Waals surface area (Å²) in [6.07, 6.45) is 1.38. The number of nitrogens with two attached hydrogens (primary N) is 1. The third-order valence-corrected chi connectivity index (χ3v) is 4.43. The highest BCUT2D eigenvalue weighted by molar-refractivity contribution is 5.97. The maximum Gasteiger partial charge on any atom is 0.295 e. The molecule has 0 aliphatic carbocycles. The van der Waals surface area contributed by atoms with Crippen molar-refractivity contribution in [1.29, 1.82) is 5.26 Å². The van der Waals surface area contributed by atoms with E-state index in [1.54, 1.807) is 6.07 Å². The SMILES string of the molecule is Cc1cc(N(C)CCCc2[nH]nc(N)c2C#N)c2cccc([N+](=O)[O-])c2n1. The van der Waals surface area contributed by atoms with Crippen LogP contribution in [0.15, 0.2) is 24.3 Å². The summed E-state index contributed by atoms with van der Waals surface area (Å²) in [4.78, 5) is 17.3. The van der Waals surface area contributed by atoms with Gasteiger partial charge in [0.2, 0.25) is 0 Å². The van der Waals surface area contributed by atoms with Crippen LogP contribution >= 0.6 is 0 Å². The molecule has 0 saturated carbocycles. The number of hydrogen-bond acceptors (Lipinski definition) is 7. The number of rotatable bonds is 6. The second kappa shape index (κ2) is 7.29. The number of hydrogen-bond donors (Lipinski definition) is 2. The fourth-order valence-corrected chi connectivity index (χ4v) is 3.12. The highest BCUT2D eigenvalue weighted by atomic mass is 16.6. The summed E-state index contributed by atoms with van der Waals surface area (Å²) in [7, 11) is 1.93. The van der Waals surface area contributed by atoms with Gasteiger partial charge >= 0.3 is 0 Å². The Bertz CT molecular complexity index is 1050. The molecular weight excluding hydrogens is 346 g/mol. The number of nitriles is 1. The Morgan fingerprint density at radius 2 is 2.22 bits per heavy atom. The molecule has 0 radical (unpaired) electrons. The number of benzene rings is 1. The summed E-state index contributed by atoms with van der Waals surface area (Å²) in [5.74, 6) is 0.212. The van der Waals surface area contributed by atoms with Gasteiger partial charge in [0.1, 0.15) is 11.6 Å². The molecular formula is C18H19N7O2. The second-order valence-electron chi connectivity index (χ2n) is 6.31. The number of aromatic amines is 1. The van der Waals surface area contributed by atoms with E-state index in [0.717, 1.165) is 23.2 Å². The largest absolute Gasteiger partial charge is 0.381 e. The van der Waals surface area contributed by atoms with E-state index >= 15 is 0 Å². The summed E-state index contributed by atoms with van der Waals surface area (Å²) in [6.45, 7) is 2.51. The Labute approximate surface area is 155 Å². The van der Waals surface area contributed by atoms with Crippen molar-refractivity contribution in [2.24, 2.45) is 0 Å². The first-order valence-corrected chi connectivity index (χ1v) is 8.41. The Morgan fingerprint density at radius 3 is 2.93 bits per heavy atom. The summed E-state index contributed by atoms with van der Waals surface area (Å²) in [6, 6.07) is 8.94. The third kappa shape index (κ3) is 3.50. The zero-order chi connectivity index (χ0) is 19.6. The van der Waals surface area contributed by atoms with Gasteiger partial charge in [0.05, 0.1) is 10.6 Å². The van der Waals surface area contributed by atoms with E-state index in [1.165, 1.54) is 6.07 Å². The molecule has 0 unspecified atom stereocenters. The maximum absolute atomic E-state index is 11.3. The van der Waals surface area contributed by atoms with Gasteiger partial charge in [-0.2, -0.15) is 10.4 Å². The van der Waals surface area contributed by atoms with E-state index < -0.39 is 4.92 Å². The van der Waals surface area contributed by atoms with Gasteiger partial charge in [-0.05, 0) is 25.8 Å². The Hall–Kier alpha value is -3.67. The zero-order valence-corrected chi connectivity index (χ0v) is 15.1. The molecule has 0 bridgehead atoms. The van der Waals surface area contributed by atoms with Crippen molar-refractivity contribution in [1.82, 2.24) is 15.2 Å². The molecule has 138 valence electrons. The lowest BCUT2D eigenvalue weighted by Crippen LogP contribution is -2.20. The lowest BCUT2D eigenvalue weighted by Gasteiger charge is -2.21. The van der Waals surface area contributed by atoms with Crippen LogP contribution in [0.2, 0.25) is 0 Å². The van der Waals surface area contributed by atoms with Gasteiger partial charge < -0.3 is 10.6 Å². The zero-order valence-electron chi connectivity index (χ0n) is 15.1. The predicted molar refractivity (Wildman–Crippen MR) is 102 cm³/mol. The van der Waals surface area contributed by atoms with Crippen LogP contribution in [0.4, 0.5) is 17.2 Å². The van der Waals surface area contributed by atoms with E-state index in [4.69, 9.17) is 11.0 Å². The number of nitro benzene ring substituents is 1. The number of non-ortho nitro benzene ring substituents is 1. The van der Waals surface area contributed by atoms with E-state index in [9.17, 15) is 10.1 Å². The molecule has 2 heterocycles. The lowest BCUT2D eigenvalue weighted by atomic mass is 10.1. The molecule has 0 amide bonds. The van der Waals surface area contributed by atoms with Gasteiger partial charge in [-0.3, -0.25) is 15.2 Å². The summed E-state index contributed by atoms with van der Waals surface area (Å²) >= 11 is 0. The number of nitrogen functional groups attached to an aromatic ring is 1. The van der Waals surface area contributed by atoms with Crippen LogP contribution in [0, 0.1) is 28.4 Å². The number of pyridine rings is 1. The number of aryl methyl sites for hydroxylation is 2. The van der Waals surface area contributed by atoms with E-state index in [-0.39, 0.29) is 11.5 Å². The van der Waals surface area contributed by atoms with Crippen LogP contribution in [0.5, 0.6) is 0 Å². The van der Waals surface area contributed by atoms with E-state index in [1.807, 2.05) is 31.0 Å². The Morgan fingerprint density at radius 1 is 1.44 bits per heavy atom. The first-order chi connectivity index (χ1) is 12.9. The number of fused-ring (bicyclic) bond motifs is 1. The molecule has 27 heavy (non-hydrogen) atoms. The molecule has 0 atom stereocenters. The quantitative estimate of drug-likeness (QED) is 0.506. The summed E-state index contributed by atoms with van der Waals surface area (Å²) in [5.41, 5.74) is 8.74. The van der Waals surface area contributed by atoms with Gasteiger partial charge in [-0.15, -0.1) is 0 Å². The first-order valence-electron chi connectivity index (χ1n) is 8.41. The van der Waals surface area contributed by atoms with Crippen molar-refractivity contribution in [2.45, 2.75) is 19.8 Å². The normalized spacial score (nSPS) is 10.7. The molecule has 3 N–H and O–H groups in total. The molecule has 0 fully saturated rings. The van der Waals surface area contributed by atoms with Crippen LogP contribution in [-0.2, 0) is 6.42 Å². The van der Waals surface area contributed by atoms with Gasteiger partial charge in [-0.25, -0.2) is 4.98 Å². The maximum atomic E-state index is 11.3. The van der Waals surface area contributed by atoms with Gasteiger partial charge in [-0.1, -0.05) is 12.1 Å². The van der Waals surface area contributed by atoms with Crippen LogP contribution in [-0.4, -0.2) is 33.7 Å². The molecule has 9 nitrogen and oxygen atoms in total. The highest BCUT2D eigenvalue weighted by Crippen LogP contribution is 2.31. The molecule has 0 aliphatic heterocycles. The molecule has 0 spiro atoms. The predicted octanol–water partition coefficient (Wildman–Crippen LogP) is 2.70. The van der Waals surface area contributed by atoms with Crippen LogP contribution in [0.1, 0.15) is 23.4 Å². The number of para-hydroxylation sites is 1. The van der Waals surface area contributed by atoms with Gasteiger partial charge in [0.15, 0.2) is 11.3 Å². The van der Waals surface area contributed by atoms with Gasteiger partial charge in [0.25, 0.3) is 5.69 Å². The highest BCUT2D eigenvalue weighted by Gasteiger charge is 2.17. The summed E-state index contributed by atoms with van der Waals surface area (Å²) < 4.78 is 0. The molecule has 3 aromatic rings. The minimum atomic E-state index is -0.412. The third-order valence-electron chi connectivity index (χ3n) is 4.43. The van der Waals surface area contributed by atoms with E-state index in [0.29, 0.717) is 29.7 Å². The Kier molecular flexibility index (Phi) is 4.90. The minimum absolute atomic E-state index is 0.00236. The molecule has 1 aromatic carbocycles. The van der Waals surface area contributed by atoms with Crippen molar-refractivity contribution in [3.63, 3.8) is 0 Å². The average Bonchev–Trinajstić information content (AvgIpc) is 2.99. The van der Waals surface area contributed by atoms with Crippen molar-refractivity contribution in [3.8, 4) is 6.07 Å². The first kappa shape index (κ1) is 18.1. The van der Waals surface area contributed by atoms with Crippen molar-refractivity contribution < 1.29 is 4.92 Å². The molecule has 3 rings (SSSR count). The number of anilines is 2.